The van der Waals surface area contributed by atoms with Gasteiger partial charge in [-0.1, -0.05) is 19.1 Å². The maximum absolute atomic E-state index is 11.8. The van der Waals surface area contributed by atoms with Crippen LogP contribution < -0.4 is 0 Å². The first-order valence-electron chi connectivity index (χ1n) is 8.92. The van der Waals surface area contributed by atoms with Crippen LogP contribution in [0.3, 0.4) is 0 Å². The molecular weight excluding hydrogens is 350 g/mol. The minimum absolute atomic E-state index is 0.0781. The summed E-state index contributed by atoms with van der Waals surface area (Å²) in [5.74, 6) is 2.90. The second-order valence-corrected chi connectivity index (χ2v) is 9.10. The minimum Gasteiger partial charge on any atom is -0.456 e. The van der Waals surface area contributed by atoms with Gasteiger partial charge in [0, 0.05) is 13.1 Å². The van der Waals surface area contributed by atoms with Gasteiger partial charge in [-0.2, -0.15) is 0 Å². The van der Waals surface area contributed by atoms with Crippen LogP contribution in [0.4, 0.5) is 0 Å². The highest BCUT2D eigenvalue weighted by Crippen LogP contribution is 2.27. The lowest BCUT2D eigenvalue weighted by atomic mass is 10.2. The van der Waals surface area contributed by atoms with Gasteiger partial charge < -0.3 is 8.98 Å². The number of hydrogen-bond donors (Lipinski definition) is 0. The van der Waals surface area contributed by atoms with Crippen LogP contribution in [-0.2, 0) is 23.4 Å². The third-order valence-electron chi connectivity index (χ3n) is 5.16. The lowest BCUT2D eigenvalue weighted by molar-refractivity contribution is 0.199. The third-order valence-corrected chi connectivity index (χ3v) is 6.91. The van der Waals surface area contributed by atoms with E-state index < -0.39 is 9.84 Å². The van der Waals surface area contributed by atoms with Crippen LogP contribution in [0.1, 0.15) is 19.1 Å². The van der Waals surface area contributed by atoms with Crippen LogP contribution >= 0.6 is 0 Å². The van der Waals surface area contributed by atoms with E-state index in [1.165, 1.54) is 0 Å². The Hall–Kier alpha value is -2.12. The molecule has 0 N–H and O–H groups in total. The lowest BCUT2D eigenvalue weighted by Gasteiger charge is -2.25. The summed E-state index contributed by atoms with van der Waals surface area (Å²) < 4.78 is 31.6. The predicted molar refractivity (Wildman–Crippen MR) is 102 cm³/mol. The number of imidazole rings is 1. The van der Waals surface area contributed by atoms with E-state index in [0.717, 1.165) is 34.9 Å². The molecule has 0 amide bonds. The van der Waals surface area contributed by atoms with E-state index in [2.05, 4.69) is 16.8 Å². The maximum Gasteiger partial charge on any atom is 0.176 e. The van der Waals surface area contributed by atoms with Gasteiger partial charge in [0.15, 0.2) is 21.4 Å². The Morgan fingerprint density at radius 1 is 1.27 bits per heavy atom. The number of sulfone groups is 1. The fraction of sp³-hybridized carbons (Fsp3) is 0.421. The van der Waals surface area contributed by atoms with E-state index in [1.807, 2.05) is 48.0 Å². The second-order valence-electron chi connectivity index (χ2n) is 6.87. The Morgan fingerprint density at radius 3 is 2.77 bits per heavy atom. The zero-order valence-electron chi connectivity index (χ0n) is 15.1. The van der Waals surface area contributed by atoms with E-state index in [4.69, 9.17) is 4.42 Å². The number of furan rings is 1. The molecule has 1 aliphatic rings. The molecule has 1 fully saturated rings. The van der Waals surface area contributed by atoms with Crippen molar-refractivity contribution in [1.29, 1.82) is 0 Å². The molecule has 3 aromatic rings. The molecule has 1 aliphatic heterocycles. The summed E-state index contributed by atoms with van der Waals surface area (Å²) in [6, 6.07) is 12.0. The fourth-order valence-corrected chi connectivity index (χ4v) is 5.47. The Balaban J connectivity index is 1.56. The molecule has 0 radical (unpaired) electrons. The number of aromatic nitrogens is 2. The highest BCUT2D eigenvalue weighted by Gasteiger charge is 2.32. The largest absolute Gasteiger partial charge is 0.456 e. The summed E-state index contributed by atoms with van der Waals surface area (Å²) in [6.07, 6.45) is 0.703. The summed E-state index contributed by atoms with van der Waals surface area (Å²) in [6.45, 7) is 3.46. The zero-order chi connectivity index (χ0) is 18.3. The topological polar surface area (TPSA) is 68.3 Å². The highest BCUT2D eigenvalue weighted by molar-refractivity contribution is 7.91. The molecule has 1 aromatic carbocycles. The normalized spacial score (nSPS) is 19.6. The number of aryl methyl sites for hydroxylation is 1. The molecule has 3 heterocycles. The molecular formula is C19H23N3O3S. The monoisotopic (exact) mass is 373 g/mol. The Kier molecular flexibility index (Phi) is 4.36. The molecule has 0 unspecified atom stereocenters. The molecule has 0 aliphatic carbocycles. The quantitative estimate of drug-likeness (QED) is 0.688. The van der Waals surface area contributed by atoms with Gasteiger partial charge in [0.2, 0.25) is 0 Å². The van der Waals surface area contributed by atoms with E-state index in [0.29, 0.717) is 13.0 Å². The van der Waals surface area contributed by atoms with Gasteiger partial charge >= 0.3 is 0 Å². The van der Waals surface area contributed by atoms with Gasteiger partial charge in [0.1, 0.15) is 5.76 Å². The van der Waals surface area contributed by atoms with E-state index in [1.54, 1.807) is 0 Å². The first kappa shape index (κ1) is 17.3. The summed E-state index contributed by atoms with van der Waals surface area (Å²) >= 11 is 0. The molecule has 7 heteroatoms. The van der Waals surface area contributed by atoms with Crippen molar-refractivity contribution in [2.45, 2.75) is 25.9 Å². The standard InChI is InChI=1S/C19H23N3O3S/c1-3-22(14-10-11-26(23,24)13-14)12-15-8-9-18(25-15)19-20-16-6-4-5-7-17(16)21(19)2/h4-9,14H,3,10-13H2,1-2H3/t14-/m1/s1. The van der Waals surface area contributed by atoms with Crippen molar-refractivity contribution in [3.05, 3.63) is 42.2 Å². The van der Waals surface area contributed by atoms with Crippen LogP contribution in [0, 0.1) is 0 Å². The summed E-state index contributed by atoms with van der Waals surface area (Å²) in [7, 11) is -0.906. The smallest absolute Gasteiger partial charge is 0.176 e. The number of nitrogens with zero attached hydrogens (tertiary/aromatic N) is 3. The first-order valence-corrected chi connectivity index (χ1v) is 10.7. The fourth-order valence-electron chi connectivity index (χ4n) is 3.71. The summed E-state index contributed by atoms with van der Waals surface area (Å²) in [5, 5.41) is 0. The van der Waals surface area contributed by atoms with Crippen molar-refractivity contribution < 1.29 is 12.8 Å². The molecule has 4 rings (SSSR count). The van der Waals surface area contributed by atoms with Crippen molar-refractivity contribution >= 4 is 20.9 Å². The Bertz CT molecular complexity index is 1040. The lowest BCUT2D eigenvalue weighted by Crippen LogP contribution is -2.35. The van der Waals surface area contributed by atoms with Gasteiger partial charge in [-0.3, -0.25) is 4.90 Å². The zero-order valence-corrected chi connectivity index (χ0v) is 15.9. The number of rotatable bonds is 5. The average Bonchev–Trinajstić information content (AvgIpc) is 3.31. The Labute approximate surface area is 153 Å². The maximum atomic E-state index is 11.8. The van der Waals surface area contributed by atoms with Crippen molar-refractivity contribution in [3.63, 3.8) is 0 Å². The number of hydrogen-bond acceptors (Lipinski definition) is 5. The summed E-state index contributed by atoms with van der Waals surface area (Å²) in [4.78, 5) is 6.85. The van der Waals surface area contributed by atoms with Crippen LogP contribution in [0.25, 0.3) is 22.6 Å². The van der Waals surface area contributed by atoms with Crippen LogP contribution in [0.2, 0.25) is 0 Å². The van der Waals surface area contributed by atoms with Crippen molar-refractivity contribution in [2.24, 2.45) is 7.05 Å². The van der Waals surface area contributed by atoms with Crippen LogP contribution in [-0.4, -0.2) is 47.0 Å². The molecule has 0 bridgehead atoms. The molecule has 26 heavy (non-hydrogen) atoms. The molecule has 1 atom stereocenters. The van der Waals surface area contributed by atoms with Gasteiger partial charge in [-0.05, 0) is 37.2 Å². The number of para-hydroxylation sites is 2. The average molecular weight is 373 g/mol. The van der Waals surface area contributed by atoms with Crippen molar-refractivity contribution in [1.82, 2.24) is 14.5 Å². The van der Waals surface area contributed by atoms with Crippen LogP contribution in [0.5, 0.6) is 0 Å². The molecule has 1 saturated heterocycles. The molecule has 138 valence electrons. The highest BCUT2D eigenvalue weighted by atomic mass is 32.2. The first-order chi connectivity index (χ1) is 12.5. The van der Waals surface area contributed by atoms with E-state index >= 15 is 0 Å². The van der Waals surface area contributed by atoms with Crippen LogP contribution in [0.15, 0.2) is 40.8 Å². The van der Waals surface area contributed by atoms with Crippen molar-refractivity contribution in [3.8, 4) is 11.6 Å². The van der Waals surface area contributed by atoms with Gasteiger partial charge in [-0.15, -0.1) is 0 Å². The molecule has 6 nitrogen and oxygen atoms in total. The molecule has 0 spiro atoms. The van der Waals surface area contributed by atoms with E-state index in [9.17, 15) is 8.42 Å². The minimum atomic E-state index is -2.89. The second kappa shape index (κ2) is 6.55. The van der Waals surface area contributed by atoms with Gasteiger partial charge in [0.05, 0.1) is 29.1 Å². The number of benzene rings is 1. The van der Waals surface area contributed by atoms with Crippen molar-refractivity contribution in [2.75, 3.05) is 18.1 Å². The molecule has 0 saturated carbocycles. The summed E-state index contributed by atoms with van der Waals surface area (Å²) in [5.41, 5.74) is 2.00. The SMILES string of the molecule is CCN(Cc1ccc(-c2nc3ccccc3n2C)o1)[C@@H]1CCS(=O)(=O)C1. The Morgan fingerprint density at radius 2 is 2.08 bits per heavy atom. The molecule has 2 aromatic heterocycles. The number of fused-ring (bicyclic) bond motifs is 1. The predicted octanol–water partition coefficient (Wildman–Crippen LogP) is 2.84. The van der Waals surface area contributed by atoms with Gasteiger partial charge in [-0.25, -0.2) is 13.4 Å². The van der Waals surface area contributed by atoms with E-state index in [-0.39, 0.29) is 17.5 Å². The van der Waals surface area contributed by atoms with Gasteiger partial charge in [0.25, 0.3) is 0 Å². The third kappa shape index (κ3) is 3.17.